The molecule has 206 valence electrons. The number of allylic oxidation sites excluding steroid dienone is 8. The summed E-state index contributed by atoms with van der Waals surface area (Å²) >= 11 is 0. The molecule has 0 radical (unpaired) electrons. The second kappa shape index (κ2) is 14.0. The van der Waals surface area contributed by atoms with Crippen molar-refractivity contribution >= 4 is 17.1 Å². The summed E-state index contributed by atoms with van der Waals surface area (Å²) < 4.78 is 0. The third kappa shape index (κ3) is 6.85. The average Bonchev–Trinajstić information content (AvgIpc) is 3.04. The first-order valence-electron chi connectivity index (χ1n) is 14.2. The second-order valence-corrected chi connectivity index (χ2v) is 9.86. The zero-order valence-corrected chi connectivity index (χ0v) is 24.9. The van der Waals surface area contributed by atoms with Gasteiger partial charge in [0.05, 0.1) is 0 Å². The molecule has 0 saturated heterocycles. The largest absolute Gasteiger partial charge is 0.315 e. The number of nitrogens with zero attached hydrogens (tertiary/aromatic N) is 2. The Bertz CT molecular complexity index is 1550. The Morgan fingerprint density at radius 2 is 1.00 bits per heavy atom. The number of anilines is 3. The van der Waals surface area contributed by atoms with Crippen LogP contribution in [0.25, 0.3) is 22.3 Å². The Labute approximate surface area is 246 Å². The van der Waals surface area contributed by atoms with Crippen LogP contribution in [0, 0.1) is 0 Å². The van der Waals surface area contributed by atoms with E-state index >= 15 is 0 Å². The molecule has 0 amide bonds. The van der Waals surface area contributed by atoms with Gasteiger partial charge in [0, 0.05) is 34.2 Å². The summed E-state index contributed by atoms with van der Waals surface area (Å²) in [6, 6.07) is 36.8. The summed E-state index contributed by atoms with van der Waals surface area (Å²) in [4.78, 5) is 4.50. The van der Waals surface area contributed by atoms with Crippen LogP contribution in [0.4, 0.5) is 17.1 Å². The molecule has 0 saturated carbocycles. The lowest BCUT2D eigenvalue weighted by Crippen LogP contribution is -2.18. The highest BCUT2D eigenvalue weighted by molar-refractivity contribution is 5.75. The Kier molecular flexibility index (Phi) is 9.96. The van der Waals surface area contributed by atoms with E-state index in [1.807, 2.05) is 25.2 Å². The maximum absolute atomic E-state index is 4.04. The molecule has 0 atom stereocenters. The molecule has 2 nitrogen and oxygen atoms in total. The summed E-state index contributed by atoms with van der Waals surface area (Å²) in [5.74, 6) is 0. The first kappa shape index (κ1) is 29.2. The summed E-state index contributed by atoms with van der Waals surface area (Å²) in [6.07, 6.45) is 12.3. The van der Waals surface area contributed by atoms with Gasteiger partial charge in [-0.05, 0) is 105 Å². The summed E-state index contributed by atoms with van der Waals surface area (Å²) in [5.41, 5.74) is 11.6. The molecular weight excluding hydrogens is 496 g/mol. The molecule has 0 heterocycles. The average molecular weight is 537 g/mol. The Balaban J connectivity index is 1.56. The van der Waals surface area contributed by atoms with E-state index in [4.69, 9.17) is 0 Å². The topological polar surface area (TPSA) is 6.48 Å². The van der Waals surface area contributed by atoms with Gasteiger partial charge in [-0.3, -0.25) is 0 Å². The lowest BCUT2D eigenvalue weighted by Gasteiger charge is -2.27. The number of rotatable bonds is 10. The van der Waals surface area contributed by atoms with Crippen LogP contribution in [-0.2, 0) is 0 Å². The molecule has 0 aliphatic heterocycles. The first-order valence-corrected chi connectivity index (χ1v) is 14.2. The van der Waals surface area contributed by atoms with Crippen molar-refractivity contribution in [3.63, 3.8) is 0 Å². The van der Waals surface area contributed by atoms with Crippen LogP contribution in [0.5, 0.6) is 0 Å². The van der Waals surface area contributed by atoms with E-state index in [0.29, 0.717) is 0 Å². The van der Waals surface area contributed by atoms with Crippen LogP contribution in [0.3, 0.4) is 0 Å². The van der Waals surface area contributed by atoms with Gasteiger partial charge in [0.1, 0.15) is 0 Å². The van der Waals surface area contributed by atoms with E-state index in [1.54, 1.807) is 0 Å². The lowest BCUT2D eigenvalue weighted by molar-refractivity contribution is 1.09. The SMILES string of the molecule is C=C/C(=C\C=C/C)N(/C(C)=C/C)c1ccc(-c2ccc(-c3ccc(N(/C(C)=C/C)c4ccccc4)cc3)cc2)cc1. The van der Waals surface area contributed by atoms with Crippen LogP contribution in [0.15, 0.2) is 163 Å². The molecular formula is C39H40N2. The molecule has 0 fully saturated rings. The molecule has 0 unspecified atom stereocenters. The molecule has 0 aliphatic carbocycles. The highest BCUT2D eigenvalue weighted by Crippen LogP contribution is 2.33. The predicted octanol–water partition coefficient (Wildman–Crippen LogP) is 11.5. The van der Waals surface area contributed by atoms with Crippen LogP contribution >= 0.6 is 0 Å². The van der Waals surface area contributed by atoms with E-state index < -0.39 is 0 Å². The van der Waals surface area contributed by atoms with Crippen molar-refractivity contribution in [2.45, 2.75) is 34.6 Å². The van der Waals surface area contributed by atoms with Crippen molar-refractivity contribution < 1.29 is 0 Å². The van der Waals surface area contributed by atoms with E-state index in [0.717, 1.165) is 28.5 Å². The van der Waals surface area contributed by atoms with E-state index in [2.05, 4.69) is 165 Å². The predicted molar refractivity (Wildman–Crippen MR) is 180 cm³/mol. The number of para-hydroxylation sites is 1. The van der Waals surface area contributed by atoms with Crippen LogP contribution in [0.2, 0.25) is 0 Å². The van der Waals surface area contributed by atoms with E-state index in [9.17, 15) is 0 Å². The molecule has 4 rings (SSSR count). The fourth-order valence-electron chi connectivity index (χ4n) is 4.84. The van der Waals surface area contributed by atoms with Gasteiger partial charge < -0.3 is 9.80 Å². The smallest absolute Gasteiger partial charge is 0.0458 e. The molecule has 4 aromatic carbocycles. The number of hydrogen-bond donors (Lipinski definition) is 0. The minimum Gasteiger partial charge on any atom is -0.315 e. The van der Waals surface area contributed by atoms with Crippen molar-refractivity contribution in [1.82, 2.24) is 0 Å². The van der Waals surface area contributed by atoms with Crippen molar-refractivity contribution in [3.8, 4) is 22.3 Å². The van der Waals surface area contributed by atoms with Gasteiger partial charge in [-0.25, -0.2) is 0 Å². The maximum atomic E-state index is 4.04. The third-order valence-electron chi connectivity index (χ3n) is 7.28. The van der Waals surface area contributed by atoms with Gasteiger partial charge in [-0.2, -0.15) is 0 Å². The van der Waals surface area contributed by atoms with Crippen LogP contribution in [-0.4, -0.2) is 0 Å². The summed E-state index contributed by atoms with van der Waals surface area (Å²) in [6.45, 7) is 14.5. The minimum absolute atomic E-state index is 1.04. The molecule has 0 N–H and O–H groups in total. The van der Waals surface area contributed by atoms with Gasteiger partial charge in [0.25, 0.3) is 0 Å². The number of hydrogen-bond acceptors (Lipinski definition) is 2. The Morgan fingerprint density at radius 3 is 1.44 bits per heavy atom. The monoisotopic (exact) mass is 536 g/mol. The quantitative estimate of drug-likeness (QED) is 0.186. The van der Waals surface area contributed by atoms with Gasteiger partial charge in [-0.15, -0.1) is 0 Å². The minimum atomic E-state index is 1.04. The first-order chi connectivity index (χ1) is 20.0. The van der Waals surface area contributed by atoms with Gasteiger partial charge in [0.15, 0.2) is 0 Å². The fourth-order valence-corrected chi connectivity index (χ4v) is 4.84. The van der Waals surface area contributed by atoms with Crippen molar-refractivity contribution in [2.24, 2.45) is 0 Å². The van der Waals surface area contributed by atoms with Crippen LogP contribution < -0.4 is 9.80 Å². The van der Waals surface area contributed by atoms with Crippen molar-refractivity contribution in [1.29, 1.82) is 0 Å². The fraction of sp³-hybridized carbons (Fsp3) is 0.128. The summed E-state index contributed by atoms with van der Waals surface area (Å²) in [5, 5.41) is 0. The molecule has 4 aromatic rings. The molecule has 41 heavy (non-hydrogen) atoms. The molecule has 0 spiro atoms. The highest BCUT2D eigenvalue weighted by atomic mass is 15.2. The zero-order valence-electron chi connectivity index (χ0n) is 24.9. The van der Waals surface area contributed by atoms with E-state index in [1.165, 1.54) is 28.0 Å². The van der Waals surface area contributed by atoms with Crippen LogP contribution in [0.1, 0.15) is 34.6 Å². The van der Waals surface area contributed by atoms with Gasteiger partial charge in [-0.1, -0.05) is 97.6 Å². The standard InChI is InChI=1S/C39H40N2/c1-7-11-15-36(10-4)40(30(5)8-2)38-26-22-34(23-27-38)32-18-20-33(21-19-32)35-24-28-39(29-25-35)41(31(6)9-3)37-16-13-12-14-17-37/h7-29H,4H2,1-3,5-6H3/b11-7-,30-8+,31-9+,36-15+. The third-order valence-corrected chi connectivity index (χ3v) is 7.28. The molecule has 2 heteroatoms. The summed E-state index contributed by atoms with van der Waals surface area (Å²) in [7, 11) is 0. The molecule has 0 aliphatic rings. The highest BCUT2D eigenvalue weighted by Gasteiger charge is 2.13. The molecule has 0 aromatic heterocycles. The Hall–Kier alpha value is -4.82. The number of benzene rings is 4. The molecule has 0 bridgehead atoms. The lowest BCUT2D eigenvalue weighted by atomic mass is 9.99. The second-order valence-electron chi connectivity index (χ2n) is 9.86. The zero-order chi connectivity index (χ0) is 29.2. The van der Waals surface area contributed by atoms with Gasteiger partial charge in [0.2, 0.25) is 0 Å². The van der Waals surface area contributed by atoms with Gasteiger partial charge >= 0.3 is 0 Å². The normalized spacial score (nSPS) is 12.5. The Morgan fingerprint density at radius 1 is 0.561 bits per heavy atom. The maximum Gasteiger partial charge on any atom is 0.0458 e. The van der Waals surface area contributed by atoms with Crippen molar-refractivity contribution in [3.05, 3.63) is 163 Å². The van der Waals surface area contributed by atoms with E-state index in [-0.39, 0.29) is 0 Å². The van der Waals surface area contributed by atoms with Crippen molar-refractivity contribution in [2.75, 3.05) is 9.80 Å².